The number of hydrogen-bond donors (Lipinski definition) is 1. The van der Waals surface area contributed by atoms with E-state index in [0.717, 1.165) is 21.5 Å². The lowest BCUT2D eigenvalue weighted by molar-refractivity contribution is -0.115. The van der Waals surface area contributed by atoms with Crippen LogP contribution in [0.25, 0.3) is 10.2 Å². The van der Waals surface area contributed by atoms with Crippen LogP contribution in [-0.2, 0) is 11.2 Å². The molecule has 1 aliphatic heterocycles. The van der Waals surface area contributed by atoms with Gasteiger partial charge in [0.05, 0.1) is 16.6 Å². The molecule has 1 amide bonds. The molecule has 3 aromatic rings. The maximum absolute atomic E-state index is 12.3. The van der Waals surface area contributed by atoms with Gasteiger partial charge in [-0.3, -0.25) is 4.79 Å². The highest BCUT2D eigenvalue weighted by molar-refractivity contribution is 7.98. The van der Waals surface area contributed by atoms with Crippen molar-refractivity contribution in [1.29, 1.82) is 0 Å². The van der Waals surface area contributed by atoms with Crippen molar-refractivity contribution in [3.63, 3.8) is 0 Å². The second-order valence-corrected chi connectivity index (χ2v) is 7.47. The zero-order valence-electron chi connectivity index (χ0n) is 13.6. The molecule has 2 heterocycles. The number of anilines is 1. The van der Waals surface area contributed by atoms with Gasteiger partial charge in [-0.1, -0.05) is 23.5 Å². The largest absolute Gasteiger partial charge is 0.486 e. The highest BCUT2D eigenvalue weighted by Crippen LogP contribution is 2.37. The van der Waals surface area contributed by atoms with E-state index in [1.165, 1.54) is 16.2 Å². The standard InChI is InChI=1S/C18H16N2O3S2/c1-24-12-4-2-11(3-5-12)8-17(21)20-18-19-13-9-14-15(10-16(13)25-18)23-7-6-22-14/h2-5,9-10H,6-8H2,1H3,(H,19,20,21). The fraction of sp³-hybridized carbons (Fsp3) is 0.222. The first-order valence-electron chi connectivity index (χ1n) is 7.84. The monoisotopic (exact) mass is 372 g/mol. The predicted octanol–water partition coefficient (Wildman–Crippen LogP) is 3.97. The minimum absolute atomic E-state index is 0.0757. The summed E-state index contributed by atoms with van der Waals surface area (Å²) in [6, 6.07) is 11.8. The highest BCUT2D eigenvalue weighted by Gasteiger charge is 2.16. The Bertz CT molecular complexity index is 879. The van der Waals surface area contributed by atoms with E-state index in [-0.39, 0.29) is 5.91 Å². The third kappa shape index (κ3) is 3.57. The summed E-state index contributed by atoms with van der Waals surface area (Å²) in [7, 11) is 0. The number of thiazole rings is 1. The van der Waals surface area contributed by atoms with Crippen molar-refractivity contribution < 1.29 is 14.3 Å². The number of rotatable bonds is 4. The summed E-state index contributed by atoms with van der Waals surface area (Å²) in [6.45, 7) is 1.10. The molecule has 0 fully saturated rings. The number of benzene rings is 2. The first-order chi connectivity index (χ1) is 12.2. The van der Waals surface area contributed by atoms with Gasteiger partial charge in [-0.25, -0.2) is 4.98 Å². The molecule has 0 aliphatic carbocycles. The first kappa shape index (κ1) is 16.2. The molecule has 0 atom stereocenters. The van der Waals surface area contributed by atoms with Gasteiger partial charge in [0.25, 0.3) is 0 Å². The second-order valence-electron chi connectivity index (χ2n) is 5.56. The molecule has 128 valence electrons. The minimum Gasteiger partial charge on any atom is -0.486 e. The fourth-order valence-corrected chi connectivity index (χ4v) is 3.91. The summed E-state index contributed by atoms with van der Waals surface area (Å²) in [6.07, 6.45) is 2.36. The van der Waals surface area contributed by atoms with Crippen LogP contribution in [-0.4, -0.2) is 30.4 Å². The fourth-order valence-electron chi connectivity index (χ4n) is 2.61. The van der Waals surface area contributed by atoms with Crippen molar-refractivity contribution in [3.05, 3.63) is 42.0 Å². The molecule has 7 heteroatoms. The van der Waals surface area contributed by atoms with Crippen molar-refractivity contribution in [2.75, 3.05) is 24.8 Å². The molecule has 1 aromatic heterocycles. The summed E-state index contributed by atoms with van der Waals surface area (Å²) in [4.78, 5) is 17.9. The number of ether oxygens (including phenoxy) is 2. The van der Waals surface area contributed by atoms with Crippen LogP contribution in [0.3, 0.4) is 0 Å². The number of nitrogens with one attached hydrogen (secondary N) is 1. The zero-order chi connectivity index (χ0) is 17.2. The Balaban J connectivity index is 1.48. The van der Waals surface area contributed by atoms with Gasteiger partial charge in [0.15, 0.2) is 16.6 Å². The van der Waals surface area contributed by atoms with Gasteiger partial charge in [0.2, 0.25) is 5.91 Å². The smallest absolute Gasteiger partial charge is 0.230 e. The van der Waals surface area contributed by atoms with Gasteiger partial charge in [0.1, 0.15) is 13.2 Å². The maximum atomic E-state index is 12.3. The summed E-state index contributed by atoms with van der Waals surface area (Å²) in [5.41, 5.74) is 1.78. The normalized spacial score (nSPS) is 13.0. The van der Waals surface area contributed by atoms with E-state index in [1.807, 2.05) is 42.7 Å². The third-order valence-electron chi connectivity index (χ3n) is 3.82. The van der Waals surface area contributed by atoms with Gasteiger partial charge >= 0.3 is 0 Å². The Kier molecular flexibility index (Phi) is 4.50. The van der Waals surface area contributed by atoms with Gasteiger partial charge in [-0.15, -0.1) is 11.8 Å². The number of carbonyl (C=O) groups excluding carboxylic acids is 1. The molecule has 0 bridgehead atoms. The van der Waals surface area contributed by atoms with Gasteiger partial charge in [-0.05, 0) is 24.0 Å². The number of amides is 1. The van der Waals surface area contributed by atoms with Gasteiger partial charge in [0, 0.05) is 17.0 Å². The minimum atomic E-state index is -0.0757. The summed E-state index contributed by atoms with van der Waals surface area (Å²) in [5.74, 6) is 1.36. The molecule has 0 saturated heterocycles. The van der Waals surface area contributed by atoms with Crippen LogP contribution in [0, 0.1) is 0 Å². The number of thioether (sulfide) groups is 1. The molecule has 2 aromatic carbocycles. The van der Waals surface area contributed by atoms with E-state index in [4.69, 9.17) is 9.47 Å². The third-order valence-corrected chi connectivity index (χ3v) is 5.50. The summed E-state index contributed by atoms with van der Waals surface area (Å²) >= 11 is 3.12. The Labute approximate surface area is 153 Å². The number of carbonyl (C=O) groups is 1. The van der Waals surface area contributed by atoms with E-state index in [0.29, 0.717) is 30.5 Å². The summed E-state index contributed by atoms with van der Waals surface area (Å²) < 4.78 is 12.1. The molecule has 0 saturated carbocycles. The van der Waals surface area contributed by atoms with E-state index in [1.54, 1.807) is 11.8 Å². The van der Waals surface area contributed by atoms with Crippen molar-refractivity contribution in [1.82, 2.24) is 4.98 Å². The van der Waals surface area contributed by atoms with Gasteiger partial charge in [-0.2, -0.15) is 0 Å². The van der Waals surface area contributed by atoms with Crippen molar-refractivity contribution in [2.24, 2.45) is 0 Å². The molecule has 0 spiro atoms. The lowest BCUT2D eigenvalue weighted by Gasteiger charge is -2.17. The number of hydrogen-bond acceptors (Lipinski definition) is 6. The van der Waals surface area contributed by atoms with Crippen LogP contribution in [0.2, 0.25) is 0 Å². The average Bonchev–Trinajstić information content (AvgIpc) is 3.01. The lowest BCUT2D eigenvalue weighted by Crippen LogP contribution is -2.15. The number of aromatic nitrogens is 1. The van der Waals surface area contributed by atoms with Crippen LogP contribution in [0.4, 0.5) is 5.13 Å². The average molecular weight is 372 g/mol. The Morgan fingerprint density at radius 2 is 1.92 bits per heavy atom. The highest BCUT2D eigenvalue weighted by atomic mass is 32.2. The van der Waals surface area contributed by atoms with Crippen molar-refractivity contribution in [2.45, 2.75) is 11.3 Å². The van der Waals surface area contributed by atoms with E-state index in [2.05, 4.69) is 10.3 Å². The Morgan fingerprint density at radius 3 is 2.64 bits per heavy atom. The maximum Gasteiger partial charge on any atom is 0.230 e. The summed E-state index contributed by atoms with van der Waals surface area (Å²) in [5, 5.41) is 3.47. The topological polar surface area (TPSA) is 60.5 Å². The molecule has 0 unspecified atom stereocenters. The molecule has 1 aliphatic rings. The van der Waals surface area contributed by atoms with Gasteiger partial charge < -0.3 is 14.8 Å². The van der Waals surface area contributed by atoms with Crippen LogP contribution in [0.1, 0.15) is 5.56 Å². The molecule has 25 heavy (non-hydrogen) atoms. The predicted molar refractivity (Wildman–Crippen MR) is 101 cm³/mol. The van der Waals surface area contributed by atoms with Crippen molar-refractivity contribution >= 4 is 44.4 Å². The second kappa shape index (κ2) is 6.93. The zero-order valence-corrected chi connectivity index (χ0v) is 15.2. The molecule has 0 radical (unpaired) electrons. The van der Waals surface area contributed by atoms with E-state index < -0.39 is 0 Å². The quantitative estimate of drug-likeness (QED) is 0.702. The van der Waals surface area contributed by atoms with E-state index >= 15 is 0 Å². The number of fused-ring (bicyclic) bond motifs is 2. The SMILES string of the molecule is CSc1ccc(CC(=O)Nc2nc3cc4c(cc3s2)OCCO4)cc1. The Hall–Kier alpha value is -2.25. The Morgan fingerprint density at radius 1 is 1.20 bits per heavy atom. The first-order valence-corrected chi connectivity index (χ1v) is 9.88. The van der Waals surface area contributed by atoms with E-state index in [9.17, 15) is 4.79 Å². The molecule has 1 N–H and O–H groups in total. The number of nitrogens with zero attached hydrogens (tertiary/aromatic N) is 1. The van der Waals surface area contributed by atoms with Crippen molar-refractivity contribution in [3.8, 4) is 11.5 Å². The molecule has 5 nitrogen and oxygen atoms in total. The molecule has 4 rings (SSSR count). The lowest BCUT2D eigenvalue weighted by atomic mass is 10.1. The molecular formula is C18H16N2O3S2. The van der Waals surface area contributed by atoms with Crippen LogP contribution in [0.15, 0.2) is 41.3 Å². The van der Waals surface area contributed by atoms with Crippen LogP contribution in [0.5, 0.6) is 11.5 Å². The van der Waals surface area contributed by atoms with Crippen LogP contribution >= 0.6 is 23.1 Å². The van der Waals surface area contributed by atoms with Crippen LogP contribution < -0.4 is 14.8 Å². The molecular weight excluding hydrogens is 356 g/mol.